The molecule has 1 heterocycles. The molecule has 1 aromatic heterocycles. The molecule has 0 aliphatic heterocycles. The standard InChI is InChI=1S/C21H22FN2O3/c1-4-23-14(3)24(13-20(25)15-6-9-17(22)10-7-15)19-12-16(8-11-18(19)23)21(26)27-5-2/h6-12H,4-5,13H2,1-3H3/q+1. The number of carbonyl (C=O) groups is 2. The number of ether oxygens (including phenoxy) is 1. The average Bonchev–Trinajstić information content (AvgIpc) is 2.93. The summed E-state index contributed by atoms with van der Waals surface area (Å²) in [6.45, 7) is 6.86. The Morgan fingerprint density at radius 2 is 1.74 bits per heavy atom. The SMILES string of the molecule is CCOC(=O)c1ccc2c(c1)n(CC(=O)c1ccc(F)cc1)c(C)[n+]2CC. The maximum atomic E-state index is 13.1. The van der Waals surface area contributed by atoms with Crippen molar-refractivity contribution in [2.24, 2.45) is 0 Å². The molecule has 0 radical (unpaired) electrons. The molecule has 3 rings (SSSR count). The van der Waals surface area contributed by atoms with E-state index in [-0.39, 0.29) is 18.1 Å². The van der Waals surface area contributed by atoms with Gasteiger partial charge in [0, 0.05) is 18.6 Å². The van der Waals surface area contributed by atoms with Crippen LogP contribution in [0.4, 0.5) is 4.39 Å². The number of hydrogen-bond acceptors (Lipinski definition) is 3. The number of ketones is 1. The lowest BCUT2D eigenvalue weighted by Crippen LogP contribution is -2.35. The monoisotopic (exact) mass is 369 g/mol. The lowest BCUT2D eigenvalue weighted by Gasteiger charge is -2.03. The van der Waals surface area contributed by atoms with Crippen LogP contribution in [0.1, 0.15) is 40.4 Å². The highest BCUT2D eigenvalue weighted by atomic mass is 19.1. The Morgan fingerprint density at radius 3 is 2.37 bits per heavy atom. The highest BCUT2D eigenvalue weighted by Gasteiger charge is 2.24. The topological polar surface area (TPSA) is 52.2 Å². The minimum atomic E-state index is -0.391. The first-order valence-corrected chi connectivity index (χ1v) is 8.94. The van der Waals surface area contributed by atoms with Crippen molar-refractivity contribution in [2.45, 2.75) is 33.9 Å². The molecule has 0 atom stereocenters. The van der Waals surface area contributed by atoms with Crippen molar-refractivity contribution in [3.63, 3.8) is 0 Å². The summed E-state index contributed by atoms with van der Waals surface area (Å²) < 4.78 is 22.2. The van der Waals surface area contributed by atoms with Gasteiger partial charge in [-0.3, -0.25) is 4.79 Å². The van der Waals surface area contributed by atoms with Crippen molar-refractivity contribution in [2.75, 3.05) is 6.61 Å². The minimum absolute atomic E-state index is 0.104. The number of esters is 1. The molecule has 0 aliphatic carbocycles. The van der Waals surface area contributed by atoms with E-state index in [1.54, 1.807) is 19.1 Å². The van der Waals surface area contributed by atoms with Gasteiger partial charge < -0.3 is 4.74 Å². The molecular formula is C21H22FN2O3+. The van der Waals surface area contributed by atoms with Crippen molar-refractivity contribution < 1.29 is 23.3 Å². The zero-order valence-corrected chi connectivity index (χ0v) is 15.7. The summed E-state index contributed by atoms with van der Waals surface area (Å²) in [4.78, 5) is 24.8. The van der Waals surface area contributed by atoms with E-state index < -0.39 is 5.97 Å². The van der Waals surface area contributed by atoms with Crippen LogP contribution in [-0.4, -0.2) is 22.9 Å². The summed E-state index contributed by atoms with van der Waals surface area (Å²) in [5.41, 5.74) is 2.62. The number of rotatable bonds is 6. The number of fused-ring (bicyclic) bond motifs is 1. The van der Waals surface area contributed by atoms with Gasteiger partial charge in [0.05, 0.1) is 18.7 Å². The van der Waals surface area contributed by atoms with Crippen molar-refractivity contribution in [3.8, 4) is 0 Å². The van der Waals surface area contributed by atoms with E-state index in [1.807, 2.05) is 24.5 Å². The zero-order valence-electron chi connectivity index (χ0n) is 15.7. The summed E-state index contributed by atoms with van der Waals surface area (Å²) in [6, 6.07) is 10.9. The molecule has 140 valence electrons. The number of nitrogens with zero attached hydrogens (tertiary/aromatic N) is 2. The molecule has 0 unspecified atom stereocenters. The second kappa shape index (κ2) is 7.70. The van der Waals surface area contributed by atoms with E-state index in [9.17, 15) is 14.0 Å². The molecule has 0 fully saturated rings. The Bertz CT molecular complexity index is 1010. The molecule has 0 bridgehead atoms. The molecule has 0 saturated heterocycles. The predicted molar refractivity (Wildman–Crippen MR) is 99.2 cm³/mol. The largest absolute Gasteiger partial charge is 0.462 e. The van der Waals surface area contributed by atoms with Crippen LogP contribution in [0.25, 0.3) is 11.0 Å². The van der Waals surface area contributed by atoms with Crippen LogP contribution in [0, 0.1) is 12.7 Å². The molecular weight excluding hydrogens is 347 g/mol. The zero-order chi connectivity index (χ0) is 19.6. The lowest BCUT2D eigenvalue weighted by molar-refractivity contribution is -0.674. The van der Waals surface area contributed by atoms with Crippen LogP contribution in [0.2, 0.25) is 0 Å². The van der Waals surface area contributed by atoms with Gasteiger partial charge in [0.15, 0.2) is 17.6 Å². The van der Waals surface area contributed by atoms with E-state index in [4.69, 9.17) is 4.74 Å². The van der Waals surface area contributed by atoms with E-state index in [0.29, 0.717) is 17.7 Å². The van der Waals surface area contributed by atoms with Crippen molar-refractivity contribution in [1.29, 1.82) is 0 Å². The van der Waals surface area contributed by atoms with Crippen molar-refractivity contribution in [1.82, 2.24) is 4.57 Å². The van der Waals surface area contributed by atoms with Crippen LogP contribution in [0.5, 0.6) is 0 Å². The molecule has 0 spiro atoms. The summed E-state index contributed by atoms with van der Waals surface area (Å²) in [5.74, 6) is 0.0125. The second-order valence-corrected chi connectivity index (χ2v) is 6.23. The van der Waals surface area contributed by atoms with Crippen molar-refractivity contribution >= 4 is 22.8 Å². The number of hydrogen-bond donors (Lipinski definition) is 0. The third-order valence-electron chi connectivity index (χ3n) is 4.63. The summed E-state index contributed by atoms with van der Waals surface area (Å²) in [6.07, 6.45) is 0. The minimum Gasteiger partial charge on any atom is -0.462 e. The number of imidazole rings is 1. The number of halogens is 1. The quantitative estimate of drug-likeness (QED) is 0.380. The van der Waals surface area contributed by atoms with Crippen LogP contribution in [0.3, 0.4) is 0 Å². The van der Waals surface area contributed by atoms with Gasteiger partial charge in [-0.1, -0.05) is 0 Å². The molecule has 2 aromatic carbocycles. The highest BCUT2D eigenvalue weighted by Crippen LogP contribution is 2.19. The Morgan fingerprint density at radius 1 is 1.07 bits per heavy atom. The Kier molecular flexibility index (Phi) is 5.35. The molecule has 0 saturated carbocycles. The number of carbonyl (C=O) groups excluding carboxylic acids is 2. The van der Waals surface area contributed by atoms with Gasteiger partial charge in [-0.2, -0.15) is 0 Å². The first kappa shape index (κ1) is 18.8. The highest BCUT2D eigenvalue weighted by molar-refractivity contribution is 5.97. The lowest BCUT2D eigenvalue weighted by atomic mass is 10.1. The fourth-order valence-corrected chi connectivity index (χ4v) is 3.27. The molecule has 0 amide bonds. The Hall–Kier alpha value is -3.02. The molecule has 0 N–H and O–H groups in total. The van der Waals surface area contributed by atoms with Crippen LogP contribution in [-0.2, 0) is 17.8 Å². The first-order chi connectivity index (χ1) is 13.0. The van der Waals surface area contributed by atoms with Crippen LogP contribution >= 0.6 is 0 Å². The summed E-state index contributed by atoms with van der Waals surface area (Å²) >= 11 is 0. The van der Waals surface area contributed by atoms with Gasteiger partial charge >= 0.3 is 5.97 Å². The number of aromatic nitrogens is 2. The smallest absolute Gasteiger partial charge is 0.338 e. The summed E-state index contributed by atoms with van der Waals surface area (Å²) in [7, 11) is 0. The number of Topliss-reactive ketones (excluding diaryl/α,β-unsaturated/α-hetero) is 1. The second-order valence-electron chi connectivity index (χ2n) is 6.23. The van der Waals surface area contributed by atoms with Gasteiger partial charge in [-0.05, 0) is 50.2 Å². The third-order valence-corrected chi connectivity index (χ3v) is 4.63. The van der Waals surface area contributed by atoms with Crippen LogP contribution in [0.15, 0.2) is 42.5 Å². The average molecular weight is 369 g/mol. The van der Waals surface area contributed by atoms with Gasteiger partial charge in [0.1, 0.15) is 5.82 Å². The Labute approximate surface area is 157 Å². The summed E-state index contributed by atoms with van der Waals surface area (Å²) in [5, 5.41) is 0. The molecule has 0 aliphatic rings. The molecule has 5 nitrogen and oxygen atoms in total. The van der Waals surface area contributed by atoms with Gasteiger partial charge in [0.25, 0.3) is 5.82 Å². The van der Waals surface area contributed by atoms with Gasteiger partial charge in [0.2, 0.25) is 5.78 Å². The fourth-order valence-electron chi connectivity index (χ4n) is 3.27. The van der Waals surface area contributed by atoms with Crippen molar-refractivity contribution in [3.05, 3.63) is 65.2 Å². The van der Waals surface area contributed by atoms with Crippen LogP contribution < -0.4 is 4.57 Å². The number of benzene rings is 2. The van der Waals surface area contributed by atoms with E-state index >= 15 is 0 Å². The predicted octanol–water partition coefficient (Wildman–Crippen LogP) is 3.46. The van der Waals surface area contributed by atoms with Gasteiger partial charge in [-0.15, -0.1) is 0 Å². The number of aryl methyl sites for hydroxylation is 1. The van der Waals surface area contributed by atoms with E-state index in [0.717, 1.165) is 23.4 Å². The molecule has 6 heteroatoms. The molecule has 27 heavy (non-hydrogen) atoms. The Balaban J connectivity index is 2.05. The molecule has 3 aromatic rings. The third kappa shape index (κ3) is 3.60. The fraction of sp³-hybridized carbons (Fsp3) is 0.286. The normalized spacial score (nSPS) is 11.0. The van der Waals surface area contributed by atoms with Gasteiger partial charge in [-0.25, -0.2) is 18.3 Å². The maximum Gasteiger partial charge on any atom is 0.338 e. The van der Waals surface area contributed by atoms with E-state index in [1.165, 1.54) is 24.3 Å². The van der Waals surface area contributed by atoms with E-state index in [2.05, 4.69) is 4.57 Å². The maximum absolute atomic E-state index is 13.1. The first-order valence-electron chi connectivity index (χ1n) is 8.94.